The first kappa shape index (κ1) is 14.3. The molecule has 2 aliphatic heterocycles. The Morgan fingerprint density at radius 3 is 2.50 bits per heavy atom. The topological polar surface area (TPSA) is 18.5 Å². The van der Waals surface area contributed by atoms with Gasteiger partial charge in [-0.15, -0.1) is 0 Å². The van der Waals surface area contributed by atoms with E-state index in [1.54, 1.807) is 0 Å². The van der Waals surface area contributed by atoms with E-state index >= 15 is 0 Å². The van der Waals surface area contributed by atoms with Crippen LogP contribution in [0.3, 0.4) is 0 Å². The van der Waals surface area contributed by atoms with Crippen molar-refractivity contribution in [3.63, 3.8) is 0 Å². The van der Waals surface area contributed by atoms with E-state index in [1.165, 1.54) is 71.4 Å². The van der Waals surface area contributed by atoms with Gasteiger partial charge >= 0.3 is 0 Å². The average molecular weight is 253 g/mol. The highest BCUT2D eigenvalue weighted by molar-refractivity contribution is 4.83. The Balaban J connectivity index is 1.63. The monoisotopic (exact) mass is 253 g/mol. The van der Waals surface area contributed by atoms with Crippen LogP contribution >= 0.6 is 0 Å². The summed E-state index contributed by atoms with van der Waals surface area (Å²) >= 11 is 0. The molecule has 3 nitrogen and oxygen atoms in total. The molecule has 0 aromatic carbocycles. The molecule has 0 spiro atoms. The number of likely N-dealkylation sites (tertiary alicyclic amines) is 2. The lowest BCUT2D eigenvalue weighted by atomic mass is 10.0. The molecule has 2 aliphatic rings. The molecule has 1 atom stereocenters. The van der Waals surface area contributed by atoms with Crippen LogP contribution in [0.1, 0.15) is 46.0 Å². The number of hydrogen-bond acceptors (Lipinski definition) is 3. The Kier molecular flexibility index (Phi) is 5.93. The van der Waals surface area contributed by atoms with Crippen molar-refractivity contribution in [2.24, 2.45) is 0 Å². The average Bonchev–Trinajstić information content (AvgIpc) is 2.86. The van der Waals surface area contributed by atoms with Gasteiger partial charge in [-0.25, -0.2) is 0 Å². The van der Waals surface area contributed by atoms with Crippen LogP contribution in [-0.4, -0.2) is 61.2 Å². The third-order valence-corrected chi connectivity index (χ3v) is 4.67. The quantitative estimate of drug-likeness (QED) is 0.780. The minimum atomic E-state index is 0.775. The molecular weight excluding hydrogens is 222 g/mol. The van der Waals surface area contributed by atoms with Crippen molar-refractivity contribution in [3.8, 4) is 0 Å². The summed E-state index contributed by atoms with van der Waals surface area (Å²) in [5.74, 6) is 0. The van der Waals surface area contributed by atoms with Crippen molar-refractivity contribution in [1.82, 2.24) is 15.1 Å². The minimum absolute atomic E-state index is 0.775. The lowest BCUT2D eigenvalue weighted by Crippen LogP contribution is -2.46. The molecule has 2 saturated heterocycles. The maximum absolute atomic E-state index is 3.82. The Hall–Kier alpha value is -0.120. The van der Waals surface area contributed by atoms with E-state index in [0.29, 0.717) is 0 Å². The molecule has 0 aromatic heterocycles. The van der Waals surface area contributed by atoms with Crippen molar-refractivity contribution in [3.05, 3.63) is 0 Å². The van der Waals surface area contributed by atoms with Gasteiger partial charge in [0.25, 0.3) is 0 Å². The molecule has 0 aliphatic carbocycles. The first-order valence-electron chi connectivity index (χ1n) is 8.03. The van der Waals surface area contributed by atoms with E-state index in [0.717, 1.165) is 12.1 Å². The van der Waals surface area contributed by atoms with Crippen LogP contribution in [0.25, 0.3) is 0 Å². The van der Waals surface area contributed by atoms with Crippen molar-refractivity contribution < 1.29 is 0 Å². The fourth-order valence-electron chi connectivity index (χ4n) is 3.52. The largest absolute Gasteiger partial charge is 0.312 e. The second-order valence-corrected chi connectivity index (χ2v) is 5.95. The molecule has 106 valence electrons. The SMILES string of the molecule is CCCN1CCC(NCC2CCCN2CC)CC1. The molecule has 0 radical (unpaired) electrons. The second-order valence-electron chi connectivity index (χ2n) is 5.95. The lowest BCUT2D eigenvalue weighted by Gasteiger charge is -2.33. The van der Waals surface area contributed by atoms with Gasteiger partial charge in [0.05, 0.1) is 0 Å². The van der Waals surface area contributed by atoms with E-state index in [2.05, 4.69) is 29.0 Å². The summed E-state index contributed by atoms with van der Waals surface area (Å²) in [6, 6.07) is 1.58. The molecule has 2 heterocycles. The Labute approximate surface area is 113 Å². The predicted octanol–water partition coefficient (Wildman–Crippen LogP) is 1.93. The van der Waals surface area contributed by atoms with E-state index in [9.17, 15) is 0 Å². The van der Waals surface area contributed by atoms with Crippen molar-refractivity contribution in [2.45, 2.75) is 58.0 Å². The zero-order chi connectivity index (χ0) is 12.8. The van der Waals surface area contributed by atoms with Gasteiger partial charge in [-0.3, -0.25) is 4.90 Å². The van der Waals surface area contributed by atoms with Gasteiger partial charge in [-0.1, -0.05) is 13.8 Å². The van der Waals surface area contributed by atoms with Crippen molar-refractivity contribution in [2.75, 3.05) is 39.3 Å². The number of hydrogen-bond donors (Lipinski definition) is 1. The molecule has 2 rings (SSSR count). The fourth-order valence-corrected chi connectivity index (χ4v) is 3.52. The predicted molar refractivity (Wildman–Crippen MR) is 78.0 cm³/mol. The maximum atomic E-state index is 3.82. The van der Waals surface area contributed by atoms with E-state index in [-0.39, 0.29) is 0 Å². The molecule has 0 aromatic rings. The van der Waals surface area contributed by atoms with Crippen molar-refractivity contribution >= 4 is 0 Å². The normalized spacial score (nSPS) is 28.0. The molecular formula is C15H31N3. The third-order valence-electron chi connectivity index (χ3n) is 4.67. The standard InChI is InChI=1S/C15H31N3/c1-3-9-17-11-7-14(8-12-17)16-13-15-6-5-10-18(15)4-2/h14-16H,3-13H2,1-2H3. The van der Waals surface area contributed by atoms with E-state index < -0.39 is 0 Å². The summed E-state index contributed by atoms with van der Waals surface area (Å²) in [6.07, 6.45) is 6.79. The Morgan fingerprint density at radius 1 is 1.06 bits per heavy atom. The second kappa shape index (κ2) is 7.46. The molecule has 0 saturated carbocycles. The van der Waals surface area contributed by atoms with Crippen LogP contribution in [0.15, 0.2) is 0 Å². The summed E-state index contributed by atoms with van der Waals surface area (Å²) in [4.78, 5) is 5.26. The van der Waals surface area contributed by atoms with Crippen LogP contribution in [0.2, 0.25) is 0 Å². The summed E-state index contributed by atoms with van der Waals surface area (Å²) < 4.78 is 0. The van der Waals surface area contributed by atoms with Gasteiger partial charge in [0, 0.05) is 18.6 Å². The van der Waals surface area contributed by atoms with Crippen LogP contribution in [-0.2, 0) is 0 Å². The Morgan fingerprint density at radius 2 is 1.83 bits per heavy atom. The number of piperidine rings is 1. The zero-order valence-electron chi connectivity index (χ0n) is 12.3. The van der Waals surface area contributed by atoms with Gasteiger partial charge in [-0.05, 0) is 64.8 Å². The molecule has 1 unspecified atom stereocenters. The van der Waals surface area contributed by atoms with Crippen LogP contribution in [0.5, 0.6) is 0 Å². The third kappa shape index (κ3) is 3.94. The molecule has 18 heavy (non-hydrogen) atoms. The number of likely N-dealkylation sites (N-methyl/N-ethyl adjacent to an activating group) is 1. The lowest BCUT2D eigenvalue weighted by molar-refractivity contribution is 0.187. The minimum Gasteiger partial charge on any atom is -0.312 e. The highest BCUT2D eigenvalue weighted by Gasteiger charge is 2.24. The summed E-state index contributed by atoms with van der Waals surface area (Å²) in [7, 11) is 0. The summed E-state index contributed by atoms with van der Waals surface area (Å²) in [5.41, 5.74) is 0. The van der Waals surface area contributed by atoms with Gasteiger partial charge in [0.15, 0.2) is 0 Å². The van der Waals surface area contributed by atoms with Gasteiger partial charge < -0.3 is 10.2 Å². The highest BCUT2D eigenvalue weighted by Crippen LogP contribution is 2.17. The first-order chi connectivity index (χ1) is 8.83. The zero-order valence-corrected chi connectivity index (χ0v) is 12.3. The Bertz CT molecular complexity index is 224. The number of nitrogens with zero attached hydrogens (tertiary/aromatic N) is 2. The molecule has 1 N–H and O–H groups in total. The highest BCUT2D eigenvalue weighted by atomic mass is 15.2. The fraction of sp³-hybridized carbons (Fsp3) is 1.00. The number of rotatable bonds is 6. The van der Waals surface area contributed by atoms with Crippen LogP contribution in [0, 0.1) is 0 Å². The van der Waals surface area contributed by atoms with E-state index in [4.69, 9.17) is 0 Å². The van der Waals surface area contributed by atoms with Crippen molar-refractivity contribution in [1.29, 1.82) is 0 Å². The smallest absolute Gasteiger partial charge is 0.0221 e. The van der Waals surface area contributed by atoms with Gasteiger partial charge in [0.1, 0.15) is 0 Å². The maximum Gasteiger partial charge on any atom is 0.0221 e. The van der Waals surface area contributed by atoms with Gasteiger partial charge in [-0.2, -0.15) is 0 Å². The first-order valence-corrected chi connectivity index (χ1v) is 8.03. The van der Waals surface area contributed by atoms with Crippen LogP contribution in [0.4, 0.5) is 0 Å². The van der Waals surface area contributed by atoms with Crippen LogP contribution < -0.4 is 5.32 Å². The molecule has 0 amide bonds. The number of nitrogens with one attached hydrogen (secondary N) is 1. The summed E-state index contributed by atoms with van der Waals surface area (Å²) in [5, 5.41) is 3.82. The molecule has 2 fully saturated rings. The molecule has 3 heteroatoms. The van der Waals surface area contributed by atoms with E-state index in [1.807, 2.05) is 0 Å². The molecule has 0 bridgehead atoms. The van der Waals surface area contributed by atoms with Gasteiger partial charge in [0.2, 0.25) is 0 Å². The summed E-state index contributed by atoms with van der Waals surface area (Å²) in [6.45, 7) is 12.2.